The lowest BCUT2D eigenvalue weighted by Crippen LogP contribution is -2.32. The lowest BCUT2D eigenvalue weighted by molar-refractivity contribution is 0.437. The minimum Gasteiger partial charge on any atom is -0.457 e. The maximum Gasteiger partial charge on any atom is 0.160 e. The topological polar surface area (TPSA) is 70.0 Å². The first-order chi connectivity index (χ1) is 62.0. The summed E-state index contributed by atoms with van der Waals surface area (Å²) in [5.74, 6) is 4.15. The van der Waals surface area contributed by atoms with E-state index in [4.69, 9.17) is 29.4 Å². The van der Waals surface area contributed by atoms with Gasteiger partial charge in [0.15, 0.2) is 5.82 Å². The van der Waals surface area contributed by atoms with Crippen molar-refractivity contribution >= 4 is 96.5 Å². The lowest BCUT2D eigenvalue weighted by Gasteiger charge is -2.39. The molecule has 0 atom stereocenters. The number of aromatic nitrogens is 4. The molecule has 19 aromatic carbocycles. The Morgan fingerprint density at radius 3 is 1.02 bits per heavy atom. The molecular formula is C118H70N4O2S. The van der Waals surface area contributed by atoms with E-state index < -0.39 is 10.8 Å². The molecule has 2 aliphatic heterocycles. The van der Waals surface area contributed by atoms with Gasteiger partial charge in [0.2, 0.25) is 0 Å². The fourth-order valence-corrected chi connectivity index (χ4v) is 22.5. The molecule has 0 amide bonds. The van der Waals surface area contributed by atoms with Gasteiger partial charge in [-0.1, -0.05) is 358 Å². The molecule has 7 heteroatoms. The van der Waals surface area contributed by atoms with Crippen molar-refractivity contribution in [3.05, 3.63) is 469 Å². The van der Waals surface area contributed by atoms with Crippen LogP contribution in [0.5, 0.6) is 23.0 Å². The molecule has 0 saturated heterocycles. The first kappa shape index (κ1) is 70.8. The van der Waals surface area contributed by atoms with E-state index in [0.29, 0.717) is 5.82 Å². The van der Waals surface area contributed by atoms with Crippen LogP contribution in [0.2, 0.25) is 0 Å². The number of nitrogens with zero attached hydrogens (tertiary/aromatic N) is 4. The van der Waals surface area contributed by atoms with Gasteiger partial charge in [0.1, 0.15) is 23.0 Å². The SMILES string of the molecule is c1ccc(-c2ccc(-c3c4ccccc4c(-c4ccc5nc(-c6ccccc6)c6cc7c(cc6c5c4)C4(c5ccccc5O7)c5ccccc5-c5ccccc54)c4ccccc34)cc2)cc1.c1ccc(-c2nc(-c3ccc4nc(-c5ccccc5)c5cc6c(cc5c4c3)C3(c4ccccc4O6)c4ccccc4-c4ccccc43)c3sc4ccccc4c3n2)cc1. The number of hydrogen-bond donors (Lipinski definition) is 0. The molecule has 0 unspecified atom stereocenters. The molecule has 6 nitrogen and oxygen atoms in total. The van der Waals surface area contributed by atoms with E-state index in [-0.39, 0.29) is 0 Å². The molecule has 580 valence electrons. The summed E-state index contributed by atoms with van der Waals surface area (Å²) < 4.78 is 16.3. The van der Waals surface area contributed by atoms with Crippen molar-refractivity contribution in [1.82, 2.24) is 19.9 Å². The van der Waals surface area contributed by atoms with E-state index in [1.807, 2.05) is 18.2 Å². The van der Waals surface area contributed by atoms with Crippen LogP contribution in [-0.2, 0) is 10.8 Å². The third-order valence-corrected chi connectivity index (χ3v) is 27.8. The fourth-order valence-electron chi connectivity index (χ4n) is 21.3. The van der Waals surface area contributed by atoms with Crippen molar-refractivity contribution in [2.24, 2.45) is 0 Å². The van der Waals surface area contributed by atoms with Gasteiger partial charge in [0.05, 0.1) is 49.2 Å². The highest BCUT2D eigenvalue weighted by Crippen LogP contribution is 2.65. The Labute approximate surface area is 724 Å². The zero-order valence-corrected chi connectivity index (χ0v) is 68.2. The minimum absolute atomic E-state index is 0.590. The predicted octanol–water partition coefficient (Wildman–Crippen LogP) is 30.8. The third kappa shape index (κ3) is 10.5. The van der Waals surface area contributed by atoms with Gasteiger partial charge >= 0.3 is 0 Å². The highest BCUT2D eigenvalue weighted by Gasteiger charge is 2.53. The predicted molar refractivity (Wildman–Crippen MR) is 515 cm³/mol. The number of hydrogen-bond acceptors (Lipinski definition) is 7. The Hall–Kier alpha value is -16.1. The second-order valence-electron chi connectivity index (χ2n) is 33.1. The highest BCUT2D eigenvalue weighted by atomic mass is 32.1. The Morgan fingerprint density at radius 2 is 0.552 bits per heavy atom. The Bertz CT molecular complexity index is 8330. The molecule has 0 N–H and O–H groups in total. The molecule has 0 fully saturated rings. The summed E-state index contributed by atoms with van der Waals surface area (Å²) in [6, 6.07) is 153. The van der Waals surface area contributed by atoms with Gasteiger partial charge in [-0.05, 0) is 177 Å². The van der Waals surface area contributed by atoms with Crippen molar-refractivity contribution < 1.29 is 9.47 Å². The standard InChI is InChI=1S/C64H39NO.C54H31N3OS/c1-3-17-40(18-4-1)41-31-33-42(34-32-41)61-47-23-7-9-25-49(47)62(50-26-10-8-24-48(50)61)44-35-36-58-52(37-44)51-38-57-60(39-53(51)63(65-58)43-19-5-2-6-20-43)66-59-30-16-15-29-56(59)64(57)54-27-13-11-21-45(54)46-22-12-14-28-55(46)64;1-3-15-32(16-4-1)49-40-31-47-44(54(43-24-12-13-25-46(43)58-47)41-22-10-7-19-35(41)36-20-8-11-23-42(36)54)30-38(40)39-29-34(27-28-45(39)55-49)50-52-51(37-21-9-14-26-48(37)59-52)57-53(56-50)33-17-5-2-6-18-33/h1-39H;1-31H. The Kier molecular flexibility index (Phi) is 15.7. The molecular weight excluding hydrogens is 1540 g/mol. The number of ether oxygens (including phenoxy) is 2. The van der Waals surface area contributed by atoms with Crippen molar-refractivity contribution in [3.8, 4) is 124 Å². The third-order valence-electron chi connectivity index (χ3n) is 26.6. The monoisotopic (exact) mass is 1610 g/mol. The van der Waals surface area contributed by atoms with Crippen LogP contribution in [0.25, 0.3) is 186 Å². The summed E-state index contributed by atoms with van der Waals surface area (Å²) in [7, 11) is 0. The van der Waals surface area contributed by atoms with Crippen LogP contribution in [0.3, 0.4) is 0 Å². The van der Waals surface area contributed by atoms with Gasteiger partial charge in [-0.25, -0.2) is 19.9 Å². The van der Waals surface area contributed by atoms with Crippen LogP contribution < -0.4 is 9.47 Å². The Morgan fingerprint density at radius 1 is 0.200 bits per heavy atom. The second kappa shape index (κ2) is 27.7. The van der Waals surface area contributed by atoms with Crippen molar-refractivity contribution in [1.29, 1.82) is 0 Å². The van der Waals surface area contributed by atoms with Crippen LogP contribution >= 0.6 is 11.3 Å². The first-order valence-corrected chi connectivity index (χ1v) is 43.5. The number of benzene rings is 19. The van der Waals surface area contributed by atoms with E-state index in [2.05, 4.69) is 406 Å². The molecule has 2 aliphatic carbocycles. The van der Waals surface area contributed by atoms with Crippen LogP contribution in [0.4, 0.5) is 0 Å². The summed E-state index contributed by atoms with van der Waals surface area (Å²) in [5, 5.41) is 12.6. The van der Waals surface area contributed by atoms with Gasteiger partial charge in [0.25, 0.3) is 0 Å². The highest BCUT2D eigenvalue weighted by molar-refractivity contribution is 7.26. The van der Waals surface area contributed by atoms with Gasteiger partial charge in [-0.15, -0.1) is 11.3 Å². The number of pyridine rings is 2. The van der Waals surface area contributed by atoms with Crippen molar-refractivity contribution in [2.45, 2.75) is 10.8 Å². The quantitative estimate of drug-likeness (QED) is 0.117. The average Bonchev–Trinajstić information content (AvgIpc) is 1.54. The minimum atomic E-state index is -0.591. The summed E-state index contributed by atoms with van der Waals surface area (Å²) >= 11 is 1.75. The lowest BCUT2D eigenvalue weighted by atomic mass is 9.65. The first-order valence-electron chi connectivity index (χ1n) is 42.7. The average molecular weight is 1610 g/mol. The number of para-hydroxylation sites is 2. The molecule has 6 heterocycles. The molecule has 23 aromatic rings. The molecule has 27 rings (SSSR count). The van der Waals surface area contributed by atoms with E-state index >= 15 is 0 Å². The number of thiophene rings is 1. The summed E-state index contributed by atoms with van der Waals surface area (Å²) in [4.78, 5) is 21.5. The van der Waals surface area contributed by atoms with Gasteiger partial charge in [-0.3, -0.25) is 0 Å². The van der Waals surface area contributed by atoms with E-state index in [1.165, 1.54) is 98.6 Å². The molecule has 4 aromatic heterocycles. The molecule has 0 radical (unpaired) electrons. The molecule has 2 spiro atoms. The number of rotatable bonds is 7. The largest absolute Gasteiger partial charge is 0.457 e. The van der Waals surface area contributed by atoms with Crippen LogP contribution in [0, 0.1) is 0 Å². The maximum atomic E-state index is 7.04. The van der Waals surface area contributed by atoms with E-state index in [0.717, 1.165) is 149 Å². The summed E-state index contributed by atoms with van der Waals surface area (Å²) in [6.07, 6.45) is 0. The summed E-state index contributed by atoms with van der Waals surface area (Å²) in [5.41, 5.74) is 30.5. The zero-order chi connectivity index (χ0) is 82.0. The smallest absolute Gasteiger partial charge is 0.160 e. The van der Waals surface area contributed by atoms with Crippen LogP contribution in [0.15, 0.2) is 425 Å². The van der Waals surface area contributed by atoms with E-state index in [1.54, 1.807) is 11.3 Å². The van der Waals surface area contributed by atoms with Gasteiger partial charge in [0, 0.05) is 76.1 Å². The molecule has 125 heavy (non-hydrogen) atoms. The fraction of sp³-hybridized carbons (Fsp3) is 0.0169. The normalized spacial score (nSPS) is 13.2. The van der Waals surface area contributed by atoms with Crippen molar-refractivity contribution in [2.75, 3.05) is 0 Å². The molecule has 0 saturated carbocycles. The van der Waals surface area contributed by atoms with Crippen LogP contribution in [-0.4, -0.2) is 19.9 Å². The molecule has 4 aliphatic rings. The molecule has 0 bridgehead atoms. The Balaban J connectivity index is 0.000000134. The zero-order valence-electron chi connectivity index (χ0n) is 67.4. The van der Waals surface area contributed by atoms with Gasteiger partial charge in [-0.2, -0.15) is 0 Å². The van der Waals surface area contributed by atoms with E-state index in [9.17, 15) is 0 Å². The second-order valence-corrected chi connectivity index (χ2v) is 34.2. The summed E-state index contributed by atoms with van der Waals surface area (Å²) in [6.45, 7) is 0. The number of fused-ring (bicyclic) bond motifs is 29. The van der Waals surface area contributed by atoms with Crippen molar-refractivity contribution in [3.63, 3.8) is 0 Å². The van der Waals surface area contributed by atoms with Gasteiger partial charge < -0.3 is 9.47 Å². The van der Waals surface area contributed by atoms with Crippen LogP contribution in [0.1, 0.15) is 44.5 Å². The maximum absolute atomic E-state index is 7.04.